The van der Waals surface area contributed by atoms with E-state index >= 15 is 0 Å². The predicted molar refractivity (Wildman–Crippen MR) is 107 cm³/mol. The molecule has 1 aliphatic rings. The van der Waals surface area contributed by atoms with Crippen LogP contribution in [0, 0.1) is 4.77 Å². The van der Waals surface area contributed by atoms with Gasteiger partial charge < -0.3 is 0 Å². The number of benzene rings is 2. The molecular formula is C20H21ClN4S. The summed E-state index contributed by atoms with van der Waals surface area (Å²) >= 11 is 11.7. The Labute approximate surface area is 163 Å². The van der Waals surface area contributed by atoms with Gasteiger partial charge in [0.25, 0.3) is 0 Å². The Morgan fingerprint density at radius 3 is 2.46 bits per heavy atom. The fourth-order valence-electron chi connectivity index (χ4n) is 3.12. The molecule has 1 fully saturated rings. The Hall–Kier alpha value is -1.95. The summed E-state index contributed by atoms with van der Waals surface area (Å²) in [5.41, 5.74) is 2.30. The minimum absolute atomic E-state index is 0.528. The van der Waals surface area contributed by atoms with Gasteiger partial charge in [-0.3, -0.25) is 9.47 Å². The van der Waals surface area contributed by atoms with Crippen LogP contribution in [0.2, 0.25) is 5.02 Å². The van der Waals surface area contributed by atoms with Gasteiger partial charge in [-0.15, -0.1) is 0 Å². The average molecular weight is 385 g/mol. The van der Waals surface area contributed by atoms with Crippen LogP contribution in [0.15, 0.2) is 54.6 Å². The Morgan fingerprint density at radius 1 is 1.12 bits per heavy atom. The molecule has 1 heterocycles. The van der Waals surface area contributed by atoms with E-state index in [4.69, 9.17) is 28.9 Å². The van der Waals surface area contributed by atoms with Crippen LogP contribution in [0.5, 0.6) is 0 Å². The number of halogens is 1. The molecule has 0 amide bonds. The molecule has 6 heteroatoms. The fraction of sp³-hybridized carbons (Fsp3) is 0.300. The van der Waals surface area contributed by atoms with Gasteiger partial charge in [0.15, 0.2) is 0 Å². The molecule has 1 aliphatic carbocycles. The second kappa shape index (κ2) is 7.35. The van der Waals surface area contributed by atoms with E-state index in [-0.39, 0.29) is 0 Å². The van der Waals surface area contributed by atoms with Gasteiger partial charge in [0.2, 0.25) is 4.77 Å². The molecule has 0 unspecified atom stereocenters. The van der Waals surface area contributed by atoms with Crippen molar-refractivity contribution in [2.24, 2.45) is 0 Å². The fourth-order valence-corrected chi connectivity index (χ4v) is 3.55. The number of rotatable bonds is 6. The van der Waals surface area contributed by atoms with Crippen LogP contribution in [0.4, 0.5) is 0 Å². The van der Waals surface area contributed by atoms with Crippen LogP contribution in [0.25, 0.3) is 5.69 Å². The smallest absolute Gasteiger partial charge is 0.203 e. The van der Waals surface area contributed by atoms with Crippen molar-refractivity contribution >= 4 is 23.8 Å². The van der Waals surface area contributed by atoms with Gasteiger partial charge in [0.05, 0.1) is 6.67 Å². The predicted octanol–water partition coefficient (Wildman–Crippen LogP) is 5.02. The lowest BCUT2D eigenvalue weighted by molar-refractivity contribution is 0.243. The number of nitrogens with zero attached hydrogens (tertiary/aromatic N) is 4. The zero-order valence-corrected chi connectivity index (χ0v) is 16.2. The van der Waals surface area contributed by atoms with Gasteiger partial charge in [-0.05, 0) is 61.9 Å². The van der Waals surface area contributed by atoms with Crippen LogP contribution in [-0.4, -0.2) is 26.3 Å². The number of para-hydroxylation sites is 1. The highest BCUT2D eigenvalue weighted by Crippen LogP contribution is 2.40. The third kappa shape index (κ3) is 3.75. The molecule has 4 rings (SSSR count). The van der Waals surface area contributed by atoms with Gasteiger partial charge in [0, 0.05) is 23.2 Å². The van der Waals surface area contributed by atoms with Crippen molar-refractivity contribution in [3.05, 3.63) is 75.8 Å². The Bertz CT molecular complexity index is 942. The normalized spacial score (nSPS) is 14.1. The number of hydrogen-bond donors (Lipinski definition) is 0. The monoisotopic (exact) mass is 384 g/mol. The van der Waals surface area contributed by atoms with E-state index in [9.17, 15) is 0 Å². The van der Waals surface area contributed by atoms with Gasteiger partial charge in [0.1, 0.15) is 5.82 Å². The van der Waals surface area contributed by atoms with E-state index in [1.54, 1.807) is 0 Å². The molecule has 3 aromatic rings. The van der Waals surface area contributed by atoms with Gasteiger partial charge in [-0.1, -0.05) is 41.9 Å². The molecule has 134 valence electrons. The van der Waals surface area contributed by atoms with Crippen molar-refractivity contribution in [2.45, 2.75) is 32.0 Å². The van der Waals surface area contributed by atoms with Crippen molar-refractivity contribution in [3.8, 4) is 5.69 Å². The highest BCUT2D eigenvalue weighted by atomic mass is 35.5. The SMILES string of the molecule is CN(Cc1ccc(Cl)cc1)Cn1nc(C2CC2)n(-c2ccccc2)c1=S. The van der Waals surface area contributed by atoms with Gasteiger partial charge in [-0.25, -0.2) is 4.68 Å². The maximum atomic E-state index is 5.97. The third-order valence-electron chi connectivity index (χ3n) is 4.56. The first kappa shape index (κ1) is 17.5. The van der Waals surface area contributed by atoms with E-state index in [1.165, 1.54) is 18.4 Å². The zero-order valence-electron chi connectivity index (χ0n) is 14.7. The van der Waals surface area contributed by atoms with Crippen molar-refractivity contribution in [3.63, 3.8) is 0 Å². The maximum Gasteiger partial charge on any atom is 0.203 e. The second-order valence-corrected chi connectivity index (χ2v) is 7.67. The Kier molecular flexibility index (Phi) is 4.94. The molecule has 0 N–H and O–H groups in total. The minimum atomic E-state index is 0.528. The lowest BCUT2D eigenvalue weighted by Gasteiger charge is -2.16. The molecule has 1 aromatic heterocycles. The third-order valence-corrected chi connectivity index (χ3v) is 5.21. The average Bonchev–Trinajstić information content (AvgIpc) is 3.43. The summed E-state index contributed by atoms with van der Waals surface area (Å²) in [7, 11) is 2.08. The van der Waals surface area contributed by atoms with Crippen LogP contribution in [0.1, 0.15) is 30.1 Å². The molecule has 2 aromatic carbocycles. The van der Waals surface area contributed by atoms with Crippen LogP contribution in [0.3, 0.4) is 0 Å². The molecule has 0 atom stereocenters. The minimum Gasteiger partial charge on any atom is -0.283 e. The summed E-state index contributed by atoms with van der Waals surface area (Å²) in [6.45, 7) is 1.47. The summed E-state index contributed by atoms with van der Waals surface area (Å²) in [6, 6.07) is 18.2. The van der Waals surface area contributed by atoms with Crippen molar-refractivity contribution in [1.82, 2.24) is 19.2 Å². The summed E-state index contributed by atoms with van der Waals surface area (Å²) in [5.74, 6) is 1.61. The Balaban J connectivity index is 1.59. The standard InChI is InChI=1S/C20H21ClN4S/c1-23(13-15-7-11-17(21)12-8-15)14-24-20(26)25(18-5-3-2-4-6-18)19(22-24)16-9-10-16/h2-8,11-12,16H,9-10,13-14H2,1H3. The molecular weight excluding hydrogens is 364 g/mol. The molecule has 0 radical (unpaired) electrons. The Morgan fingerprint density at radius 2 is 1.81 bits per heavy atom. The highest BCUT2D eigenvalue weighted by molar-refractivity contribution is 7.71. The van der Waals surface area contributed by atoms with Crippen molar-refractivity contribution in [2.75, 3.05) is 7.05 Å². The quantitative estimate of drug-likeness (QED) is 0.558. The van der Waals surface area contributed by atoms with Crippen LogP contribution < -0.4 is 0 Å². The maximum absolute atomic E-state index is 5.97. The van der Waals surface area contributed by atoms with E-state index in [0.717, 1.165) is 27.9 Å². The summed E-state index contributed by atoms with van der Waals surface area (Å²) in [6.07, 6.45) is 2.39. The van der Waals surface area contributed by atoms with E-state index in [2.05, 4.69) is 40.8 Å². The van der Waals surface area contributed by atoms with Crippen molar-refractivity contribution < 1.29 is 0 Å². The molecule has 0 aliphatic heterocycles. The summed E-state index contributed by atoms with van der Waals surface area (Å²) in [4.78, 5) is 2.21. The first-order valence-electron chi connectivity index (χ1n) is 8.80. The van der Waals surface area contributed by atoms with Crippen LogP contribution in [-0.2, 0) is 13.2 Å². The van der Waals surface area contributed by atoms with E-state index < -0.39 is 0 Å². The molecule has 0 spiro atoms. The van der Waals surface area contributed by atoms with E-state index in [0.29, 0.717) is 12.6 Å². The second-order valence-electron chi connectivity index (χ2n) is 6.87. The number of hydrogen-bond acceptors (Lipinski definition) is 3. The lowest BCUT2D eigenvalue weighted by Crippen LogP contribution is -2.22. The highest BCUT2D eigenvalue weighted by Gasteiger charge is 2.30. The van der Waals surface area contributed by atoms with Crippen molar-refractivity contribution in [1.29, 1.82) is 0 Å². The lowest BCUT2D eigenvalue weighted by atomic mass is 10.2. The molecule has 1 saturated carbocycles. The topological polar surface area (TPSA) is 26.0 Å². The largest absolute Gasteiger partial charge is 0.283 e. The summed E-state index contributed by atoms with van der Waals surface area (Å²) in [5, 5.41) is 5.62. The first-order valence-corrected chi connectivity index (χ1v) is 9.58. The molecule has 4 nitrogen and oxygen atoms in total. The molecule has 0 saturated heterocycles. The van der Waals surface area contributed by atoms with Gasteiger partial charge >= 0.3 is 0 Å². The number of aromatic nitrogens is 3. The molecule has 0 bridgehead atoms. The molecule has 26 heavy (non-hydrogen) atoms. The summed E-state index contributed by atoms with van der Waals surface area (Å²) < 4.78 is 4.82. The van der Waals surface area contributed by atoms with Gasteiger partial charge in [-0.2, -0.15) is 5.10 Å². The van der Waals surface area contributed by atoms with Crippen LogP contribution >= 0.6 is 23.8 Å². The van der Waals surface area contributed by atoms with E-state index in [1.807, 2.05) is 35.0 Å². The first-order chi connectivity index (χ1) is 12.6. The zero-order chi connectivity index (χ0) is 18.1.